The van der Waals surface area contributed by atoms with E-state index in [1.54, 1.807) is 12.4 Å². The molecule has 1 aliphatic rings. The number of carbonyl (C=O) groups is 1. The van der Waals surface area contributed by atoms with Crippen molar-refractivity contribution < 1.29 is 4.79 Å². The van der Waals surface area contributed by atoms with Crippen molar-refractivity contribution in [3.05, 3.63) is 18.2 Å². The van der Waals surface area contributed by atoms with Crippen molar-refractivity contribution in [3.8, 4) is 0 Å². The molecular weight excluding hydrogens is 118 g/mol. The minimum absolute atomic E-state index is 0.0810. The van der Waals surface area contributed by atoms with E-state index in [2.05, 4.69) is 10.3 Å². The predicted octanol–water partition coefficient (Wildman–Crippen LogP) is -0.0456. The highest BCUT2D eigenvalue weighted by Crippen LogP contribution is 2.02. The fraction of sp³-hybridized carbons (Fsp3) is 0.200. The Morgan fingerprint density at radius 3 is 3.44 bits per heavy atom. The monoisotopic (exact) mass is 123 g/mol. The Morgan fingerprint density at radius 1 is 1.78 bits per heavy atom. The first-order valence-electron chi connectivity index (χ1n) is 2.68. The normalized spacial score (nSPS) is 15.3. The summed E-state index contributed by atoms with van der Waals surface area (Å²) in [5, 5.41) is 2.63. The first-order chi connectivity index (χ1) is 4.38. The average molecular weight is 123 g/mol. The summed E-state index contributed by atoms with van der Waals surface area (Å²) < 4.78 is 1.50. The number of hydrogen-bond donors (Lipinski definition) is 1. The Hall–Kier alpha value is -1.32. The van der Waals surface area contributed by atoms with Crippen molar-refractivity contribution in [3.63, 3.8) is 0 Å². The third-order valence-electron chi connectivity index (χ3n) is 1.33. The van der Waals surface area contributed by atoms with Gasteiger partial charge < -0.3 is 5.32 Å². The van der Waals surface area contributed by atoms with Gasteiger partial charge in [-0.3, -0.25) is 4.57 Å². The van der Waals surface area contributed by atoms with Crippen molar-refractivity contribution in [2.75, 3.05) is 0 Å². The van der Waals surface area contributed by atoms with Crippen molar-refractivity contribution >= 4 is 6.03 Å². The molecule has 0 saturated carbocycles. The van der Waals surface area contributed by atoms with Gasteiger partial charge in [0.15, 0.2) is 0 Å². The number of imidazole rings is 1. The zero-order valence-corrected chi connectivity index (χ0v) is 4.66. The van der Waals surface area contributed by atoms with E-state index in [0.717, 1.165) is 5.82 Å². The lowest BCUT2D eigenvalue weighted by Gasteiger charge is -1.86. The third kappa shape index (κ3) is 0.468. The van der Waals surface area contributed by atoms with Crippen LogP contribution in [-0.4, -0.2) is 15.6 Å². The van der Waals surface area contributed by atoms with Crippen LogP contribution in [0, 0.1) is 0 Å². The molecule has 2 heterocycles. The molecule has 0 atom stereocenters. The van der Waals surface area contributed by atoms with E-state index in [9.17, 15) is 4.79 Å². The molecule has 0 fully saturated rings. The molecule has 1 N–H and O–H groups in total. The van der Waals surface area contributed by atoms with Crippen molar-refractivity contribution in [1.29, 1.82) is 0 Å². The summed E-state index contributed by atoms with van der Waals surface area (Å²) in [7, 11) is 0. The second kappa shape index (κ2) is 1.34. The maximum absolute atomic E-state index is 10.7. The Labute approximate surface area is 51.5 Å². The largest absolute Gasteiger partial charge is 0.330 e. The summed E-state index contributed by atoms with van der Waals surface area (Å²) in [4.78, 5) is 14.7. The van der Waals surface area contributed by atoms with E-state index in [0.29, 0.717) is 6.54 Å². The van der Waals surface area contributed by atoms with Gasteiger partial charge in [-0.05, 0) is 0 Å². The molecule has 46 valence electrons. The molecule has 0 bridgehead atoms. The number of nitrogens with zero attached hydrogens (tertiary/aromatic N) is 2. The minimum Gasteiger partial charge on any atom is -0.330 e. The molecule has 0 unspecified atom stereocenters. The molecule has 0 aliphatic carbocycles. The van der Waals surface area contributed by atoms with Crippen LogP contribution in [0.4, 0.5) is 4.79 Å². The van der Waals surface area contributed by atoms with Gasteiger partial charge in [0.2, 0.25) is 0 Å². The topological polar surface area (TPSA) is 46.9 Å². The van der Waals surface area contributed by atoms with Crippen molar-refractivity contribution in [1.82, 2.24) is 14.9 Å². The van der Waals surface area contributed by atoms with E-state index in [-0.39, 0.29) is 6.03 Å². The van der Waals surface area contributed by atoms with Crippen molar-refractivity contribution in [2.45, 2.75) is 6.54 Å². The van der Waals surface area contributed by atoms with Crippen LogP contribution in [0.1, 0.15) is 5.82 Å². The lowest BCUT2D eigenvalue weighted by atomic mass is 10.6. The fourth-order valence-electron chi connectivity index (χ4n) is 0.890. The lowest BCUT2D eigenvalue weighted by molar-refractivity contribution is 0.246. The van der Waals surface area contributed by atoms with Crippen LogP contribution in [0.15, 0.2) is 12.4 Å². The van der Waals surface area contributed by atoms with Crippen LogP contribution in [-0.2, 0) is 6.54 Å². The van der Waals surface area contributed by atoms with E-state index < -0.39 is 0 Å². The first kappa shape index (κ1) is 4.55. The van der Waals surface area contributed by atoms with Gasteiger partial charge in [-0.15, -0.1) is 0 Å². The Kier molecular flexibility index (Phi) is 0.677. The van der Waals surface area contributed by atoms with Gasteiger partial charge in [0.1, 0.15) is 5.82 Å². The van der Waals surface area contributed by atoms with Gasteiger partial charge >= 0.3 is 6.03 Å². The number of aromatic nitrogens is 2. The highest BCUT2D eigenvalue weighted by atomic mass is 16.2. The van der Waals surface area contributed by atoms with Gasteiger partial charge in [-0.2, -0.15) is 0 Å². The molecule has 4 nitrogen and oxygen atoms in total. The molecule has 2 rings (SSSR count). The van der Waals surface area contributed by atoms with Crippen LogP contribution < -0.4 is 5.32 Å². The van der Waals surface area contributed by atoms with E-state index in [1.807, 2.05) is 0 Å². The number of amides is 1. The molecule has 1 amide bonds. The Morgan fingerprint density at radius 2 is 2.67 bits per heavy atom. The summed E-state index contributed by atoms with van der Waals surface area (Å²) >= 11 is 0. The van der Waals surface area contributed by atoms with Gasteiger partial charge in [-0.1, -0.05) is 0 Å². The maximum Gasteiger partial charge on any atom is 0.327 e. The zero-order valence-electron chi connectivity index (χ0n) is 4.66. The Balaban J connectivity index is 2.61. The molecule has 1 aromatic heterocycles. The molecule has 0 aromatic carbocycles. The van der Waals surface area contributed by atoms with E-state index >= 15 is 0 Å². The summed E-state index contributed by atoms with van der Waals surface area (Å²) in [6.45, 7) is 0.561. The van der Waals surface area contributed by atoms with Gasteiger partial charge in [0.25, 0.3) is 0 Å². The minimum atomic E-state index is -0.0810. The van der Waals surface area contributed by atoms with Gasteiger partial charge in [0.05, 0.1) is 6.54 Å². The van der Waals surface area contributed by atoms with Crippen LogP contribution in [0.2, 0.25) is 0 Å². The van der Waals surface area contributed by atoms with E-state index in [4.69, 9.17) is 0 Å². The molecule has 1 aliphatic heterocycles. The average Bonchev–Trinajstić information content (AvgIpc) is 2.35. The SMILES string of the molecule is O=C1NCc2nccn21. The molecule has 0 spiro atoms. The van der Waals surface area contributed by atoms with Crippen molar-refractivity contribution in [2.24, 2.45) is 0 Å². The van der Waals surface area contributed by atoms with Gasteiger partial charge in [0, 0.05) is 12.4 Å². The summed E-state index contributed by atoms with van der Waals surface area (Å²) in [5.41, 5.74) is 0. The second-order valence-corrected chi connectivity index (χ2v) is 1.87. The summed E-state index contributed by atoms with van der Waals surface area (Å²) in [6, 6.07) is -0.0810. The second-order valence-electron chi connectivity index (χ2n) is 1.87. The molecule has 0 radical (unpaired) electrons. The molecule has 0 saturated heterocycles. The highest BCUT2D eigenvalue weighted by Gasteiger charge is 2.16. The van der Waals surface area contributed by atoms with E-state index in [1.165, 1.54) is 4.57 Å². The predicted molar refractivity (Wildman–Crippen MR) is 29.9 cm³/mol. The van der Waals surface area contributed by atoms with Crippen LogP contribution >= 0.6 is 0 Å². The Bertz CT molecular complexity index is 252. The number of nitrogens with one attached hydrogen (secondary N) is 1. The molecule has 4 heteroatoms. The third-order valence-corrected chi connectivity index (χ3v) is 1.33. The highest BCUT2D eigenvalue weighted by molar-refractivity contribution is 5.79. The smallest absolute Gasteiger partial charge is 0.327 e. The first-order valence-corrected chi connectivity index (χ1v) is 2.68. The fourth-order valence-corrected chi connectivity index (χ4v) is 0.890. The molecule has 1 aromatic rings. The number of fused-ring (bicyclic) bond motifs is 1. The maximum atomic E-state index is 10.7. The summed E-state index contributed by atoms with van der Waals surface area (Å²) in [6.07, 6.45) is 3.27. The number of hydrogen-bond acceptors (Lipinski definition) is 2. The van der Waals surface area contributed by atoms with Crippen LogP contribution in [0.25, 0.3) is 0 Å². The lowest BCUT2D eigenvalue weighted by Crippen LogP contribution is -2.16. The standard InChI is InChI=1S/C5H5N3O/c9-5-7-3-4-6-1-2-8(4)5/h1-2H,3H2,(H,7,9). The number of carbonyl (C=O) groups excluding carboxylic acids is 1. The molecular formula is C5H5N3O. The number of rotatable bonds is 0. The van der Waals surface area contributed by atoms with Crippen LogP contribution in [0.3, 0.4) is 0 Å². The van der Waals surface area contributed by atoms with Crippen LogP contribution in [0.5, 0.6) is 0 Å². The zero-order chi connectivity index (χ0) is 6.27. The van der Waals surface area contributed by atoms with Gasteiger partial charge in [-0.25, -0.2) is 9.78 Å². The summed E-state index contributed by atoms with van der Waals surface area (Å²) in [5.74, 6) is 0.792. The molecule has 9 heavy (non-hydrogen) atoms. The quantitative estimate of drug-likeness (QED) is 0.526.